The van der Waals surface area contributed by atoms with Gasteiger partial charge in [-0.2, -0.15) is 0 Å². The highest BCUT2D eigenvalue weighted by molar-refractivity contribution is 6.17. The zero-order valence-electron chi connectivity index (χ0n) is 23.5. The van der Waals surface area contributed by atoms with Gasteiger partial charge in [0, 0.05) is 49.8 Å². The lowest BCUT2D eigenvalue weighted by Gasteiger charge is -2.14. The van der Waals surface area contributed by atoms with Crippen molar-refractivity contribution in [1.29, 1.82) is 0 Å². The number of fused-ring (bicyclic) bond motifs is 6. The molecule has 0 unspecified atom stereocenters. The summed E-state index contributed by atoms with van der Waals surface area (Å²) in [5.41, 5.74) is 12.0. The first kappa shape index (κ1) is 23.3. The Labute approximate surface area is 243 Å². The van der Waals surface area contributed by atoms with E-state index in [1.54, 1.807) is 0 Å². The van der Waals surface area contributed by atoms with Crippen LogP contribution in [-0.4, -0.2) is 15.3 Å². The van der Waals surface area contributed by atoms with E-state index in [-0.39, 0.29) is 0 Å². The number of aliphatic imine (C=N–C) groups is 1. The van der Waals surface area contributed by atoms with Gasteiger partial charge in [-0.15, -0.1) is 0 Å². The molecule has 1 aliphatic carbocycles. The molecule has 2 aromatic heterocycles. The van der Waals surface area contributed by atoms with E-state index in [1.807, 2.05) is 13.1 Å². The summed E-state index contributed by atoms with van der Waals surface area (Å²) in [5, 5.41) is 7.59. The van der Waals surface area contributed by atoms with Gasteiger partial charge < -0.3 is 9.13 Å². The van der Waals surface area contributed by atoms with Crippen LogP contribution in [0.4, 0.5) is 0 Å². The lowest BCUT2D eigenvalue weighted by Crippen LogP contribution is -1.98. The van der Waals surface area contributed by atoms with E-state index in [2.05, 4.69) is 137 Å². The molecule has 1 aliphatic rings. The SMILES string of the molecule is CC=NC1=C(C)c2ccc(-n3c4ccccc4c4ccc(-n5c6ccccc6c6ccccc65)cc43)c3cccc1c23. The third-order valence-corrected chi connectivity index (χ3v) is 9.03. The van der Waals surface area contributed by atoms with Crippen LogP contribution in [0.5, 0.6) is 0 Å². The monoisotopic (exact) mass is 537 g/mol. The van der Waals surface area contributed by atoms with Gasteiger partial charge in [0.25, 0.3) is 0 Å². The zero-order chi connectivity index (χ0) is 27.9. The van der Waals surface area contributed by atoms with E-state index in [4.69, 9.17) is 4.99 Å². The highest BCUT2D eigenvalue weighted by Gasteiger charge is 2.24. The van der Waals surface area contributed by atoms with E-state index in [1.165, 1.54) is 76.8 Å². The van der Waals surface area contributed by atoms with Crippen molar-refractivity contribution in [3.63, 3.8) is 0 Å². The summed E-state index contributed by atoms with van der Waals surface area (Å²) in [6, 6.07) is 44.4. The van der Waals surface area contributed by atoms with Crippen LogP contribution in [-0.2, 0) is 0 Å². The van der Waals surface area contributed by atoms with Gasteiger partial charge in [0.1, 0.15) is 0 Å². The van der Waals surface area contributed by atoms with Crippen molar-refractivity contribution in [2.24, 2.45) is 4.99 Å². The number of benzene rings is 6. The van der Waals surface area contributed by atoms with Gasteiger partial charge >= 0.3 is 0 Å². The molecule has 9 rings (SSSR count). The van der Waals surface area contributed by atoms with Crippen molar-refractivity contribution in [3.05, 3.63) is 132 Å². The summed E-state index contributed by atoms with van der Waals surface area (Å²) in [5.74, 6) is 0. The molecule has 0 saturated carbocycles. The summed E-state index contributed by atoms with van der Waals surface area (Å²) < 4.78 is 4.86. The molecular weight excluding hydrogens is 510 g/mol. The number of hydrogen-bond donors (Lipinski definition) is 0. The molecule has 198 valence electrons. The van der Waals surface area contributed by atoms with Crippen LogP contribution in [0.25, 0.3) is 77.0 Å². The fourth-order valence-electron chi connectivity index (χ4n) is 7.28. The fraction of sp³-hybridized carbons (Fsp3) is 0.0513. The van der Waals surface area contributed by atoms with Gasteiger partial charge in [0.15, 0.2) is 0 Å². The maximum Gasteiger partial charge on any atom is 0.0739 e. The van der Waals surface area contributed by atoms with Crippen molar-refractivity contribution in [1.82, 2.24) is 9.13 Å². The summed E-state index contributed by atoms with van der Waals surface area (Å²) >= 11 is 0. The normalized spacial score (nSPS) is 13.3. The van der Waals surface area contributed by atoms with Crippen LogP contribution in [0.15, 0.2) is 126 Å². The Hall–Kier alpha value is -5.41. The van der Waals surface area contributed by atoms with Crippen LogP contribution in [0.3, 0.4) is 0 Å². The summed E-state index contributed by atoms with van der Waals surface area (Å²) in [6.45, 7) is 4.18. The van der Waals surface area contributed by atoms with E-state index in [0.717, 1.165) is 11.4 Å². The highest BCUT2D eigenvalue weighted by atomic mass is 15.0. The number of rotatable bonds is 3. The summed E-state index contributed by atoms with van der Waals surface area (Å²) in [4.78, 5) is 4.77. The number of nitrogens with zero attached hydrogens (tertiary/aromatic N) is 3. The smallest absolute Gasteiger partial charge is 0.0739 e. The quantitative estimate of drug-likeness (QED) is 0.200. The first-order valence-corrected chi connectivity index (χ1v) is 14.5. The van der Waals surface area contributed by atoms with Crippen molar-refractivity contribution >= 4 is 71.9 Å². The maximum absolute atomic E-state index is 4.77. The lowest BCUT2D eigenvalue weighted by molar-refractivity contribution is 1.16. The highest BCUT2D eigenvalue weighted by Crippen LogP contribution is 2.45. The Morgan fingerprint density at radius 1 is 0.524 bits per heavy atom. The van der Waals surface area contributed by atoms with Gasteiger partial charge in [-0.1, -0.05) is 84.9 Å². The second kappa shape index (κ2) is 8.55. The number of allylic oxidation sites excluding steroid dienone is 1. The van der Waals surface area contributed by atoms with Gasteiger partial charge in [-0.25, -0.2) is 0 Å². The molecule has 0 atom stereocenters. The van der Waals surface area contributed by atoms with Crippen LogP contribution < -0.4 is 0 Å². The molecule has 42 heavy (non-hydrogen) atoms. The third-order valence-electron chi connectivity index (χ3n) is 9.03. The van der Waals surface area contributed by atoms with Crippen molar-refractivity contribution in [3.8, 4) is 11.4 Å². The molecule has 0 N–H and O–H groups in total. The molecule has 8 aromatic rings. The van der Waals surface area contributed by atoms with E-state index in [9.17, 15) is 0 Å². The largest absolute Gasteiger partial charge is 0.309 e. The minimum Gasteiger partial charge on any atom is -0.309 e. The molecular formula is C39H27N3. The second-order valence-corrected chi connectivity index (χ2v) is 11.1. The van der Waals surface area contributed by atoms with Crippen LogP contribution in [0.1, 0.15) is 25.0 Å². The minimum absolute atomic E-state index is 1.08. The molecule has 0 fully saturated rings. The Morgan fingerprint density at radius 2 is 1.12 bits per heavy atom. The molecule has 2 heterocycles. The first-order chi connectivity index (χ1) is 20.7. The molecule has 0 amide bonds. The van der Waals surface area contributed by atoms with Gasteiger partial charge in [-0.05, 0) is 61.4 Å². The number of hydrogen-bond acceptors (Lipinski definition) is 1. The Kier molecular flexibility index (Phi) is 4.74. The van der Waals surface area contributed by atoms with E-state index >= 15 is 0 Å². The maximum atomic E-state index is 4.77. The van der Waals surface area contributed by atoms with Gasteiger partial charge in [0.05, 0.1) is 33.5 Å². The molecule has 0 saturated heterocycles. The Morgan fingerprint density at radius 3 is 1.79 bits per heavy atom. The van der Waals surface area contributed by atoms with Crippen molar-refractivity contribution in [2.75, 3.05) is 0 Å². The van der Waals surface area contributed by atoms with E-state index in [0.29, 0.717) is 0 Å². The van der Waals surface area contributed by atoms with E-state index < -0.39 is 0 Å². The average Bonchev–Trinajstić information content (AvgIpc) is 3.64. The van der Waals surface area contributed by atoms with Crippen LogP contribution in [0, 0.1) is 0 Å². The second-order valence-electron chi connectivity index (χ2n) is 11.1. The first-order valence-electron chi connectivity index (χ1n) is 14.5. The molecule has 0 radical (unpaired) electrons. The number of aromatic nitrogens is 2. The Bertz CT molecular complexity index is 2430. The predicted octanol–water partition coefficient (Wildman–Crippen LogP) is 10.3. The third kappa shape index (κ3) is 2.97. The van der Waals surface area contributed by atoms with Crippen molar-refractivity contribution < 1.29 is 0 Å². The van der Waals surface area contributed by atoms with Crippen LogP contribution >= 0.6 is 0 Å². The molecule has 3 heteroatoms. The molecule has 0 bridgehead atoms. The summed E-state index contributed by atoms with van der Waals surface area (Å²) in [7, 11) is 0. The lowest BCUT2D eigenvalue weighted by atomic mass is 10.0. The van der Waals surface area contributed by atoms with Gasteiger partial charge in [0.2, 0.25) is 0 Å². The molecule has 6 aromatic carbocycles. The molecule has 3 nitrogen and oxygen atoms in total. The zero-order valence-corrected chi connectivity index (χ0v) is 23.5. The fourth-order valence-corrected chi connectivity index (χ4v) is 7.28. The minimum atomic E-state index is 1.08. The predicted molar refractivity (Wildman–Crippen MR) is 179 cm³/mol. The van der Waals surface area contributed by atoms with Crippen LogP contribution in [0.2, 0.25) is 0 Å². The average molecular weight is 538 g/mol. The standard InChI is InChI=1S/C39H27N3/c1-3-40-39-24(2)26-21-22-36(31-14-10-15-32(39)38(26)31)42-35-18-9-6-13-29(35)30-20-19-25(23-37(30)42)41-33-16-7-4-11-27(33)28-12-5-8-17-34(28)41/h3-23H,1-2H3. The Balaban J connectivity index is 1.38. The molecule has 0 spiro atoms. The number of para-hydroxylation sites is 3. The summed E-state index contributed by atoms with van der Waals surface area (Å²) in [6.07, 6.45) is 1.90. The van der Waals surface area contributed by atoms with Gasteiger partial charge in [-0.3, -0.25) is 4.99 Å². The van der Waals surface area contributed by atoms with Crippen molar-refractivity contribution in [2.45, 2.75) is 13.8 Å². The topological polar surface area (TPSA) is 22.2 Å². The molecule has 0 aliphatic heterocycles.